The van der Waals surface area contributed by atoms with E-state index in [1.807, 2.05) is 0 Å². The van der Waals surface area contributed by atoms with Crippen molar-refractivity contribution in [3.8, 4) is 11.6 Å². The average molecular weight is 448 g/mol. The van der Waals surface area contributed by atoms with Crippen molar-refractivity contribution in [3.63, 3.8) is 0 Å². The number of halogens is 2. The Morgan fingerprint density at radius 3 is 2.94 bits per heavy atom. The van der Waals surface area contributed by atoms with E-state index in [0.29, 0.717) is 28.8 Å². The molecule has 1 atom stereocenters. The smallest absolute Gasteiger partial charge is 0.388 e. The summed E-state index contributed by atoms with van der Waals surface area (Å²) in [4.78, 5) is 35.9. The number of ether oxygens (including phenoxy) is 2. The predicted octanol–water partition coefficient (Wildman–Crippen LogP) is 1.44. The van der Waals surface area contributed by atoms with Gasteiger partial charge in [-0.1, -0.05) is 12.1 Å². The number of fused-ring (bicyclic) bond motifs is 1. The van der Waals surface area contributed by atoms with Crippen LogP contribution in [0.2, 0.25) is 0 Å². The Bertz CT molecular complexity index is 1190. The number of amides is 3. The molecule has 0 bridgehead atoms. The van der Waals surface area contributed by atoms with Gasteiger partial charge in [0.05, 0.1) is 11.6 Å². The number of aromatic amines is 1. The van der Waals surface area contributed by atoms with Crippen LogP contribution in [-0.4, -0.2) is 50.9 Å². The number of para-hydroxylation sites is 1. The van der Waals surface area contributed by atoms with Gasteiger partial charge in [-0.3, -0.25) is 29.5 Å². The number of alkyl halides is 2. The second-order valence-corrected chi connectivity index (χ2v) is 7.00. The van der Waals surface area contributed by atoms with E-state index in [-0.39, 0.29) is 30.6 Å². The molecule has 0 radical (unpaired) electrons. The van der Waals surface area contributed by atoms with Gasteiger partial charge in [-0.05, 0) is 12.5 Å². The van der Waals surface area contributed by atoms with Crippen LogP contribution in [-0.2, 0) is 21.4 Å². The lowest BCUT2D eigenvalue weighted by atomic mass is 9.93. The molecule has 2 aromatic heterocycles. The van der Waals surface area contributed by atoms with Crippen molar-refractivity contribution < 1.29 is 32.6 Å². The Morgan fingerprint density at radius 2 is 2.19 bits per heavy atom. The van der Waals surface area contributed by atoms with E-state index in [9.17, 15) is 23.2 Å². The second kappa shape index (κ2) is 8.61. The number of nitrogens with one attached hydrogen (secondary N) is 3. The maximum Gasteiger partial charge on any atom is 0.388 e. The fraction of sp³-hybridized carbons (Fsp3) is 0.316. The van der Waals surface area contributed by atoms with Gasteiger partial charge in [0.15, 0.2) is 6.61 Å². The topological polar surface area (TPSA) is 140 Å². The quantitative estimate of drug-likeness (QED) is 0.465. The number of carbonyl (C=O) groups is 3. The third-order valence-corrected chi connectivity index (χ3v) is 4.82. The molecule has 13 heteroatoms. The molecule has 3 amide bonds. The molecule has 0 aliphatic carbocycles. The minimum Gasteiger partial charge on any atom is -0.481 e. The van der Waals surface area contributed by atoms with Crippen LogP contribution in [0.1, 0.15) is 24.5 Å². The molecule has 168 valence electrons. The van der Waals surface area contributed by atoms with Gasteiger partial charge in [0.2, 0.25) is 17.7 Å². The van der Waals surface area contributed by atoms with Crippen LogP contribution in [0.5, 0.6) is 11.6 Å². The minimum absolute atomic E-state index is 0.0631. The summed E-state index contributed by atoms with van der Waals surface area (Å²) in [7, 11) is 1.68. The number of imide groups is 1. The number of carbonyl (C=O) groups excluding carboxylic acids is 3. The third-order valence-electron chi connectivity index (χ3n) is 4.82. The number of rotatable bonds is 7. The Labute approximate surface area is 179 Å². The minimum atomic E-state index is -3.03. The highest BCUT2D eigenvalue weighted by Gasteiger charge is 2.32. The van der Waals surface area contributed by atoms with Crippen molar-refractivity contribution in [3.05, 3.63) is 30.0 Å². The molecular weight excluding hydrogens is 430 g/mol. The Morgan fingerprint density at radius 1 is 1.38 bits per heavy atom. The van der Waals surface area contributed by atoms with Crippen LogP contribution in [0.4, 0.5) is 14.6 Å². The van der Waals surface area contributed by atoms with Gasteiger partial charge in [-0.25, -0.2) is 0 Å². The van der Waals surface area contributed by atoms with Crippen molar-refractivity contribution in [2.45, 2.75) is 25.4 Å². The first-order chi connectivity index (χ1) is 15.3. The normalized spacial score (nSPS) is 16.3. The van der Waals surface area contributed by atoms with E-state index >= 15 is 0 Å². The molecule has 0 saturated carbocycles. The maximum absolute atomic E-state index is 12.3. The number of piperidine rings is 1. The van der Waals surface area contributed by atoms with E-state index in [2.05, 4.69) is 30.7 Å². The first-order valence-corrected chi connectivity index (χ1v) is 9.54. The van der Waals surface area contributed by atoms with E-state index in [1.165, 1.54) is 0 Å². The van der Waals surface area contributed by atoms with Crippen molar-refractivity contribution in [1.29, 1.82) is 0 Å². The molecule has 0 spiro atoms. The van der Waals surface area contributed by atoms with Crippen molar-refractivity contribution >= 4 is 34.4 Å². The molecule has 11 nitrogen and oxygen atoms in total. The molecule has 1 aliphatic heterocycles. The molecule has 3 N–H and O–H groups in total. The number of aromatic nitrogens is 4. The summed E-state index contributed by atoms with van der Waals surface area (Å²) in [5, 5.41) is 15.7. The highest BCUT2D eigenvalue weighted by atomic mass is 19.3. The van der Waals surface area contributed by atoms with E-state index < -0.39 is 24.3 Å². The van der Waals surface area contributed by atoms with E-state index in [0.717, 1.165) is 6.07 Å². The van der Waals surface area contributed by atoms with Gasteiger partial charge in [-0.15, -0.1) is 5.10 Å². The van der Waals surface area contributed by atoms with Crippen molar-refractivity contribution in [2.24, 2.45) is 7.05 Å². The van der Waals surface area contributed by atoms with Gasteiger partial charge in [0.1, 0.15) is 17.1 Å². The highest BCUT2D eigenvalue weighted by Crippen LogP contribution is 2.34. The number of H-pyrrole nitrogens is 1. The fourth-order valence-electron chi connectivity index (χ4n) is 3.51. The molecule has 3 aromatic rings. The Balaban J connectivity index is 1.47. The third kappa shape index (κ3) is 4.36. The van der Waals surface area contributed by atoms with Crippen LogP contribution >= 0.6 is 0 Å². The summed E-state index contributed by atoms with van der Waals surface area (Å²) in [5.74, 6) is -1.79. The predicted molar refractivity (Wildman–Crippen MR) is 105 cm³/mol. The zero-order chi connectivity index (χ0) is 22.8. The summed E-state index contributed by atoms with van der Waals surface area (Å²) >= 11 is 0. The molecule has 1 saturated heterocycles. The Kier molecular flexibility index (Phi) is 5.71. The number of aryl methyl sites for hydroxylation is 1. The molecule has 1 aromatic carbocycles. The standard InChI is InChI=1S/C19H18F2N6O5/c1-27-17-9(16(26-27)10-5-6-13(28)23-18(10)30)3-2-4-11(17)31-8-14(29)22-12-7-15(25-24-12)32-19(20)21/h2-4,7,10,19H,5-6,8H2,1H3,(H,23,28,30)(H2,22,24,25,29). The van der Waals surface area contributed by atoms with Gasteiger partial charge >= 0.3 is 6.61 Å². The molecule has 1 unspecified atom stereocenters. The number of hydrogen-bond donors (Lipinski definition) is 3. The molecule has 1 fully saturated rings. The largest absolute Gasteiger partial charge is 0.481 e. The van der Waals surface area contributed by atoms with E-state index in [4.69, 9.17) is 4.74 Å². The fourth-order valence-corrected chi connectivity index (χ4v) is 3.51. The van der Waals surface area contributed by atoms with Crippen LogP contribution in [0.3, 0.4) is 0 Å². The first-order valence-electron chi connectivity index (χ1n) is 9.54. The van der Waals surface area contributed by atoms with Crippen LogP contribution in [0.15, 0.2) is 24.3 Å². The summed E-state index contributed by atoms with van der Waals surface area (Å²) in [6.45, 7) is -3.42. The van der Waals surface area contributed by atoms with Crippen LogP contribution in [0, 0.1) is 0 Å². The number of benzene rings is 1. The zero-order valence-corrected chi connectivity index (χ0v) is 16.7. The van der Waals surface area contributed by atoms with Gasteiger partial charge < -0.3 is 14.8 Å². The summed E-state index contributed by atoms with van der Waals surface area (Å²) in [6, 6.07) is 6.24. The maximum atomic E-state index is 12.3. The Hall–Kier alpha value is -4.03. The molecular formula is C19H18F2N6O5. The lowest BCUT2D eigenvalue weighted by Crippen LogP contribution is -2.39. The van der Waals surface area contributed by atoms with Gasteiger partial charge in [-0.2, -0.15) is 13.9 Å². The monoisotopic (exact) mass is 448 g/mol. The number of anilines is 1. The van der Waals surface area contributed by atoms with Crippen LogP contribution < -0.4 is 20.1 Å². The van der Waals surface area contributed by atoms with Gasteiger partial charge in [0.25, 0.3) is 5.91 Å². The SMILES string of the molecule is Cn1nc(C2CCC(=O)NC2=O)c2cccc(OCC(=O)Nc3cc(OC(F)F)n[nH]3)c21. The first kappa shape index (κ1) is 21.2. The summed E-state index contributed by atoms with van der Waals surface area (Å²) < 4.78 is 35.7. The van der Waals surface area contributed by atoms with Crippen LogP contribution in [0.25, 0.3) is 10.9 Å². The van der Waals surface area contributed by atoms with Crippen molar-refractivity contribution in [2.75, 3.05) is 11.9 Å². The number of nitrogens with zero attached hydrogens (tertiary/aromatic N) is 3. The number of hydrogen-bond acceptors (Lipinski definition) is 7. The molecule has 32 heavy (non-hydrogen) atoms. The summed E-state index contributed by atoms with van der Waals surface area (Å²) in [6.07, 6.45) is 0.578. The molecule has 3 heterocycles. The van der Waals surface area contributed by atoms with E-state index in [1.54, 1.807) is 29.9 Å². The molecule has 4 rings (SSSR count). The lowest BCUT2D eigenvalue weighted by Gasteiger charge is -2.19. The van der Waals surface area contributed by atoms with Gasteiger partial charge in [0, 0.05) is 24.9 Å². The summed E-state index contributed by atoms with van der Waals surface area (Å²) in [5.41, 5.74) is 1.10. The highest BCUT2D eigenvalue weighted by molar-refractivity contribution is 6.03. The average Bonchev–Trinajstić information content (AvgIpc) is 3.30. The zero-order valence-electron chi connectivity index (χ0n) is 16.7. The second-order valence-electron chi connectivity index (χ2n) is 7.00. The lowest BCUT2D eigenvalue weighted by molar-refractivity contribution is -0.134. The van der Waals surface area contributed by atoms with Crippen molar-refractivity contribution in [1.82, 2.24) is 25.3 Å². The molecule has 1 aliphatic rings.